The van der Waals surface area contributed by atoms with E-state index in [-0.39, 0.29) is 68.0 Å². The van der Waals surface area contributed by atoms with Crippen molar-refractivity contribution in [1.29, 1.82) is 0 Å². The van der Waals surface area contributed by atoms with E-state index in [1.54, 1.807) is 0 Å². The number of fused-ring (bicyclic) bond motifs is 17. The molecule has 17 rings (SSSR count). The second kappa shape index (κ2) is 29.0. The second-order valence-electron chi connectivity index (χ2n) is 39.7. The van der Waals surface area contributed by atoms with Crippen LogP contribution in [-0.4, -0.2) is 36.6 Å². The van der Waals surface area contributed by atoms with Gasteiger partial charge < -0.3 is 63.4 Å². The van der Waals surface area contributed by atoms with Crippen LogP contribution in [0.25, 0.3) is 65.8 Å². The lowest BCUT2D eigenvalue weighted by atomic mass is 9.69. The summed E-state index contributed by atoms with van der Waals surface area (Å²) in [5.74, 6) is 4.87. The summed E-state index contributed by atoms with van der Waals surface area (Å²) in [6.45, 7) is 53.8. The van der Waals surface area contributed by atoms with Crippen molar-refractivity contribution >= 4 is 101 Å². The van der Waals surface area contributed by atoms with E-state index in [0.717, 1.165) is 133 Å². The minimum absolute atomic E-state index is 0.183. The van der Waals surface area contributed by atoms with Gasteiger partial charge in [0.15, 0.2) is 0 Å². The summed E-state index contributed by atoms with van der Waals surface area (Å²) in [4.78, 5) is 0. The Morgan fingerprint density at radius 3 is 0.707 bits per heavy atom. The van der Waals surface area contributed by atoms with Crippen molar-refractivity contribution in [3.05, 3.63) is 237 Å². The Morgan fingerprint density at radius 1 is 0.276 bits per heavy atom. The molecular formula is C98H110ClO14P3. The number of hydrogen-bond donors (Lipinski definition) is 2. The first-order chi connectivity index (χ1) is 54.3. The molecule has 0 aliphatic carbocycles. The number of phenols is 2. The van der Waals surface area contributed by atoms with E-state index in [1.807, 2.05) is 121 Å². The van der Waals surface area contributed by atoms with Crippen LogP contribution in [0, 0.1) is 0 Å². The average molecular weight is 1640 g/mol. The van der Waals surface area contributed by atoms with Crippen molar-refractivity contribution < 1.29 is 63.4 Å². The second-order valence-corrected chi connectivity index (χ2v) is 43.4. The molecule has 18 heteroatoms. The molecule has 0 saturated heterocycles. The lowest BCUT2D eigenvalue weighted by Gasteiger charge is -2.33. The Balaban J connectivity index is 0.000000171. The van der Waals surface area contributed by atoms with Crippen molar-refractivity contribution in [3.8, 4) is 46.0 Å². The molecule has 0 amide bonds. The SMILES string of the molecule is CC(C)(C)c1cc(C(C)(C)C)c(Op2oc3ccccc3c3ccccc3o2)c2c1OCC21COc2c(C(C)(C)C)cc(C(C)(C)C)c(Op3oc4ccccc4c4ccccc4o3)c21.CC(C)(C)c1cc(C(C)(C)C)c2c(c1O)C1(CO2)COc2c(C(C)(C)C)cc(C(C)(C)C)c(O)c21.Clp1oc2ccccc2c2ccccc2o1. The molecule has 3 aromatic heterocycles. The molecule has 116 heavy (non-hydrogen) atoms. The first-order valence-electron chi connectivity index (χ1n) is 40.1. The third-order valence-electron chi connectivity index (χ3n) is 22.8. The number of ether oxygens (including phenoxy) is 4. The molecule has 0 atom stereocenters. The standard InChI is InChI=1S/C55H58O8P2.C31H44O4.C12H8ClO2P/c1-51(2,3)37-29-39(53(7,8)9)49(62-64-58-41-25-17-13-21-33(41)34-22-14-18-26-42(34)59-64)45-47(37)56-31-55(45)32-57-48-38(52(4,5)6)30-40(54(10,11)12)50(46(48)55)63-65-60-43-27-19-15-23-35(43)36-24-16-20-28-44(36)61-65;1-27(2,3)17-13-19(29(7,8)9)25-21(23(17)32)31(15-34-25)16-35-26-20(30(10,11)12)14-18(28(4,5)6)24(33)22(26)31;13-16-14-11-7-3-1-5-9(11)10-6-2-4-8-12(10)15-16/h13-30H,31-32H2,1-12H3;13-14,32-33H,15-16H2,1-12H3;1-8H. The molecule has 608 valence electrons. The highest BCUT2D eigenvalue weighted by Gasteiger charge is 2.59. The molecule has 7 heterocycles. The first kappa shape index (κ1) is 81.7. The Morgan fingerprint density at radius 2 is 0.474 bits per heavy atom. The molecule has 14 nitrogen and oxygen atoms in total. The van der Waals surface area contributed by atoms with E-state index in [4.69, 9.17) is 64.4 Å². The van der Waals surface area contributed by atoms with Gasteiger partial charge in [-0.05, 0) is 104 Å². The number of benzene rings is 10. The van der Waals surface area contributed by atoms with Gasteiger partial charge in [-0.2, -0.15) is 0 Å². The fraction of sp³-hybridized carbons (Fsp3) is 0.388. The van der Waals surface area contributed by atoms with E-state index >= 15 is 0 Å². The third-order valence-corrected chi connectivity index (χ3v) is 25.9. The van der Waals surface area contributed by atoms with Crippen LogP contribution in [0.1, 0.15) is 233 Å². The number of phenolic OH excluding ortho intramolecular Hbond substituents is 2. The minimum Gasteiger partial charge on any atom is -0.507 e. The molecule has 4 aliphatic heterocycles. The van der Waals surface area contributed by atoms with Gasteiger partial charge in [0.25, 0.3) is 0 Å². The zero-order valence-corrected chi connectivity index (χ0v) is 74.9. The van der Waals surface area contributed by atoms with Crippen LogP contribution in [-0.2, 0) is 54.1 Å². The molecule has 0 saturated carbocycles. The van der Waals surface area contributed by atoms with Crippen LogP contribution in [0.15, 0.2) is 195 Å². The van der Waals surface area contributed by atoms with Gasteiger partial charge in [0, 0.05) is 88.1 Å². The Kier molecular flexibility index (Phi) is 20.4. The highest BCUT2D eigenvalue weighted by Crippen LogP contribution is 2.66. The topological polar surface area (TPSA) is 175 Å². The lowest BCUT2D eigenvalue weighted by Crippen LogP contribution is -2.33. The fourth-order valence-electron chi connectivity index (χ4n) is 16.7. The number of para-hydroxylation sites is 6. The monoisotopic (exact) mass is 1640 g/mol. The summed E-state index contributed by atoms with van der Waals surface area (Å²) >= 11 is 6.00. The van der Waals surface area contributed by atoms with Gasteiger partial charge >= 0.3 is 23.8 Å². The highest BCUT2D eigenvalue weighted by molar-refractivity contribution is 7.68. The average Bonchev–Trinajstić information content (AvgIpc) is 1.53. The number of aromatic hydroxyl groups is 2. The van der Waals surface area contributed by atoms with Crippen LogP contribution in [0.5, 0.6) is 46.0 Å². The van der Waals surface area contributed by atoms with Gasteiger partial charge in [-0.25, -0.2) is 0 Å². The van der Waals surface area contributed by atoms with E-state index in [2.05, 4.69) is 215 Å². The minimum atomic E-state index is -2.04. The molecule has 10 aromatic carbocycles. The highest BCUT2D eigenvalue weighted by atomic mass is 35.7. The van der Waals surface area contributed by atoms with Crippen LogP contribution >= 0.6 is 35.1 Å². The molecule has 2 N–H and O–H groups in total. The van der Waals surface area contributed by atoms with E-state index < -0.39 is 34.7 Å². The Hall–Kier alpha value is -9.41. The summed E-state index contributed by atoms with van der Waals surface area (Å²) in [6, 6.07) is 56.5. The summed E-state index contributed by atoms with van der Waals surface area (Å²) < 4.78 is 80.3. The molecule has 0 fully saturated rings. The van der Waals surface area contributed by atoms with Crippen LogP contribution in [0.3, 0.4) is 0 Å². The molecule has 13 aromatic rings. The summed E-state index contributed by atoms with van der Waals surface area (Å²) in [5.41, 5.74) is 11.8. The van der Waals surface area contributed by atoms with Crippen molar-refractivity contribution in [2.45, 2.75) is 220 Å². The number of halogens is 1. The maximum Gasteiger partial charge on any atom is 0.453 e. The molecule has 0 radical (unpaired) electrons. The predicted octanol–water partition coefficient (Wildman–Crippen LogP) is 29.5. The van der Waals surface area contributed by atoms with Crippen molar-refractivity contribution in [3.63, 3.8) is 0 Å². The van der Waals surface area contributed by atoms with Gasteiger partial charge in [0.05, 0.1) is 22.3 Å². The molecule has 0 bridgehead atoms. The summed E-state index contributed by atoms with van der Waals surface area (Å²) in [6.07, 6.45) is 0. The van der Waals surface area contributed by atoms with Crippen LogP contribution in [0.4, 0.5) is 0 Å². The summed E-state index contributed by atoms with van der Waals surface area (Å²) in [5, 5.41) is 29.5. The third kappa shape index (κ3) is 14.7. The van der Waals surface area contributed by atoms with E-state index in [9.17, 15) is 10.2 Å². The zero-order valence-electron chi connectivity index (χ0n) is 71.5. The predicted molar refractivity (Wildman–Crippen MR) is 475 cm³/mol. The zero-order chi connectivity index (χ0) is 83.3. The lowest BCUT2D eigenvalue weighted by molar-refractivity contribution is 0.232. The number of hydrogen-bond acceptors (Lipinski definition) is 14. The Labute approximate surface area is 689 Å². The van der Waals surface area contributed by atoms with Crippen LogP contribution < -0.4 is 28.0 Å². The van der Waals surface area contributed by atoms with Gasteiger partial charge in [-0.1, -0.05) is 275 Å². The van der Waals surface area contributed by atoms with Gasteiger partial charge in [-0.15, -0.1) is 0 Å². The maximum absolute atomic E-state index is 11.8. The van der Waals surface area contributed by atoms with E-state index in [1.165, 1.54) is 0 Å². The molecule has 0 unspecified atom stereocenters. The van der Waals surface area contributed by atoms with Crippen molar-refractivity contribution in [2.75, 3.05) is 26.4 Å². The largest absolute Gasteiger partial charge is 0.507 e. The first-order valence-corrected chi connectivity index (χ1v) is 44.4. The smallest absolute Gasteiger partial charge is 0.453 e. The molecule has 2 spiro atoms. The molecular weight excluding hydrogens is 1530 g/mol. The summed E-state index contributed by atoms with van der Waals surface area (Å²) in [7, 11) is -5.50. The fourth-order valence-corrected chi connectivity index (χ4v) is 20.0. The number of rotatable bonds is 4. The van der Waals surface area contributed by atoms with Crippen molar-refractivity contribution in [2.24, 2.45) is 0 Å². The van der Waals surface area contributed by atoms with E-state index in [0.29, 0.717) is 47.0 Å². The normalized spacial score (nSPS) is 14.9. The Bertz CT molecular complexity index is 5710. The maximum atomic E-state index is 11.8. The van der Waals surface area contributed by atoms with Crippen LogP contribution in [0.2, 0.25) is 0 Å². The van der Waals surface area contributed by atoms with Crippen molar-refractivity contribution in [1.82, 2.24) is 0 Å². The van der Waals surface area contributed by atoms with Gasteiger partial charge in [0.2, 0.25) is 0 Å². The van der Waals surface area contributed by atoms with Gasteiger partial charge in [0.1, 0.15) is 117 Å². The quantitative estimate of drug-likeness (QED) is 0.170. The molecule has 4 aliphatic rings. The van der Waals surface area contributed by atoms with Gasteiger partial charge in [-0.3, -0.25) is 0 Å².